The van der Waals surface area contributed by atoms with Gasteiger partial charge in [-0.05, 0) is 89.3 Å². The average molecular weight is 588 g/mol. The van der Waals surface area contributed by atoms with E-state index in [1.54, 1.807) is 0 Å². The zero-order valence-electron chi connectivity index (χ0n) is 25.1. The van der Waals surface area contributed by atoms with Crippen LogP contribution >= 0.6 is 0 Å². The topological polar surface area (TPSA) is 33.6 Å². The number of para-hydroxylation sites is 3. The van der Waals surface area contributed by atoms with Gasteiger partial charge in [0.25, 0.3) is 0 Å². The van der Waals surface area contributed by atoms with Gasteiger partial charge in [0.15, 0.2) is 0 Å². The number of nitriles is 1. The number of rotatable bonds is 4. The van der Waals surface area contributed by atoms with Crippen LogP contribution in [0.3, 0.4) is 0 Å². The van der Waals surface area contributed by atoms with Crippen LogP contribution in [0.5, 0.6) is 0 Å². The van der Waals surface area contributed by atoms with Gasteiger partial charge in [0.05, 0.1) is 28.7 Å². The van der Waals surface area contributed by atoms with Crippen molar-refractivity contribution in [1.29, 1.82) is 5.26 Å². The molecule has 216 valence electrons. The summed E-state index contributed by atoms with van der Waals surface area (Å²) >= 11 is 0. The highest BCUT2D eigenvalue weighted by atomic mass is 15.0. The van der Waals surface area contributed by atoms with E-state index < -0.39 is 0 Å². The SMILES string of the molecule is N#Cc1cccc(C2=CC(n3c4ccccc4c4cc(-c5ccc6c(c5)c5ccccc5n6-c5ccccc5)ccc43)CC=C2)c1. The molecular weight excluding hydrogens is 558 g/mol. The van der Waals surface area contributed by atoms with Gasteiger partial charge in [-0.15, -0.1) is 0 Å². The fourth-order valence-electron chi connectivity index (χ4n) is 7.35. The summed E-state index contributed by atoms with van der Waals surface area (Å²) in [5, 5.41) is 14.5. The normalized spacial score (nSPS) is 14.7. The van der Waals surface area contributed by atoms with E-state index in [2.05, 4.69) is 155 Å². The molecule has 3 nitrogen and oxygen atoms in total. The van der Waals surface area contributed by atoms with Crippen LogP contribution in [0.1, 0.15) is 23.6 Å². The van der Waals surface area contributed by atoms with Crippen LogP contribution in [0, 0.1) is 11.3 Å². The minimum atomic E-state index is 0.166. The van der Waals surface area contributed by atoms with Crippen molar-refractivity contribution >= 4 is 49.2 Å². The fourth-order valence-corrected chi connectivity index (χ4v) is 7.35. The Balaban J connectivity index is 1.19. The molecule has 1 atom stereocenters. The van der Waals surface area contributed by atoms with E-state index in [4.69, 9.17) is 0 Å². The molecule has 0 saturated carbocycles. The quantitative estimate of drug-likeness (QED) is 0.202. The number of benzene rings is 6. The van der Waals surface area contributed by atoms with Gasteiger partial charge in [0.2, 0.25) is 0 Å². The molecule has 0 amide bonds. The predicted octanol–water partition coefficient (Wildman–Crippen LogP) is 11.0. The molecule has 2 aromatic heterocycles. The first-order chi connectivity index (χ1) is 22.8. The summed E-state index contributed by atoms with van der Waals surface area (Å²) in [5.74, 6) is 0. The molecule has 0 fully saturated rings. The van der Waals surface area contributed by atoms with Gasteiger partial charge in [0.1, 0.15) is 0 Å². The second-order valence-corrected chi connectivity index (χ2v) is 12.1. The number of allylic oxidation sites excluding steroid dienone is 4. The number of hydrogen-bond acceptors (Lipinski definition) is 1. The van der Waals surface area contributed by atoms with E-state index >= 15 is 0 Å². The molecule has 0 aliphatic heterocycles. The molecule has 1 aliphatic rings. The van der Waals surface area contributed by atoms with Gasteiger partial charge < -0.3 is 9.13 Å². The van der Waals surface area contributed by atoms with Crippen molar-refractivity contribution in [3.8, 4) is 22.9 Å². The van der Waals surface area contributed by atoms with E-state index in [1.165, 1.54) is 60.4 Å². The number of hydrogen-bond donors (Lipinski definition) is 0. The highest BCUT2D eigenvalue weighted by Crippen LogP contribution is 2.40. The third-order valence-corrected chi connectivity index (χ3v) is 9.43. The van der Waals surface area contributed by atoms with E-state index in [0.29, 0.717) is 5.56 Å². The maximum absolute atomic E-state index is 9.46. The zero-order chi connectivity index (χ0) is 30.6. The number of fused-ring (bicyclic) bond motifs is 6. The minimum Gasteiger partial charge on any atom is -0.333 e. The van der Waals surface area contributed by atoms with E-state index in [1.807, 2.05) is 18.2 Å². The van der Waals surface area contributed by atoms with Crippen molar-refractivity contribution in [3.63, 3.8) is 0 Å². The minimum absolute atomic E-state index is 0.166. The lowest BCUT2D eigenvalue weighted by molar-refractivity contribution is 0.650. The van der Waals surface area contributed by atoms with Gasteiger partial charge in [0, 0.05) is 38.3 Å². The molecule has 6 aromatic carbocycles. The molecule has 2 heterocycles. The molecule has 0 spiro atoms. The van der Waals surface area contributed by atoms with Crippen LogP contribution < -0.4 is 0 Å². The second kappa shape index (κ2) is 10.5. The maximum atomic E-state index is 9.46. The van der Waals surface area contributed by atoms with Crippen molar-refractivity contribution in [3.05, 3.63) is 169 Å². The Labute approximate surface area is 267 Å². The molecule has 46 heavy (non-hydrogen) atoms. The van der Waals surface area contributed by atoms with Crippen LogP contribution in [0.4, 0.5) is 0 Å². The summed E-state index contributed by atoms with van der Waals surface area (Å²) in [6, 6.07) is 52.2. The Morgan fingerprint density at radius 1 is 0.543 bits per heavy atom. The third-order valence-electron chi connectivity index (χ3n) is 9.43. The van der Waals surface area contributed by atoms with Crippen molar-refractivity contribution in [1.82, 2.24) is 9.13 Å². The molecule has 0 radical (unpaired) electrons. The van der Waals surface area contributed by atoms with Gasteiger partial charge >= 0.3 is 0 Å². The summed E-state index contributed by atoms with van der Waals surface area (Å²) in [4.78, 5) is 0. The molecule has 0 saturated heterocycles. The Morgan fingerprint density at radius 3 is 1.96 bits per heavy atom. The monoisotopic (exact) mass is 587 g/mol. The van der Waals surface area contributed by atoms with Crippen LogP contribution in [-0.4, -0.2) is 9.13 Å². The van der Waals surface area contributed by atoms with Gasteiger partial charge in [-0.2, -0.15) is 5.26 Å². The summed E-state index contributed by atoms with van der Waals surface area (Å²) in [5.41, 5.74) is 11.4. The molecule has 0 N–H and O–H groups in total. The summed E-state index contributed by atoms with van der Waals surface area (Å²) < 4.78 is 4.85. The van der Waals surface area contributed by atoms with Crippen molar-refractivity contribution < 1.29 is 0 Å². The fraction of sp³-hybridized carbons (Fsp3) is 0.0465. The Hall–Kier alpha value is -6.11. The summed E-state index contributed by atoms with van der Waals surface area (Å²) in [6.45, 7) is 0. The second-order valence-electron chi connectivity index (χ2n) is 12.1. The highest BCUT2D eigenvalue weighted by molar-refractivity contribution is 6.12. The first-order valence-corrected chi connectivity index (χ1v) is 15.8. The van der Waals surface area contributed by atoms with E-state index in [0.717, 1.165) is 17.6 Å². The van der Waals surface area contributed by atoms with Gasteiger partial charge in [-0.3, -0.25) is 0 Å². The number of aromatic nitrogens is 2. The summed E-state index contributed by atoms with van der Waals surface area (Å²) in [7, 11) is 0. The average Bonchev–Trinajstić information content (AvgIpc) is 3.64. The maximum Gasteiger partial charge on any atom is 0.0991 e. The Bertz CT molecular complexity index is 2570. The lowest BCUT2D eigenvalue weighted by atomic mass is 9.95. The molecule has 1 aliphatic carbocycles. The lowest BCUT2D eigenvalue weighted by Crippen LogP contribution is -2.08. The predicted molar refractivity (Wildman–Crippen MR) is 191 cm³/mol. The first kappa shape index (κ1) is 26.3. The van der Waals surface area contributed by atoms with E-state index in [-0.39, 0.29) is 6.04 Å². The van der Waals surface area contributed by atoms with Gasteiger partial charge in [-0.25, -0.2) is 0 Å². The molecule has 9 rings (SSSR count). The highest BCUT2D eigenvalue weighted by Gasteiger charge is 2.20. The third kappa shape index (κ3) is 4.12. The lowest BCUT2D eigenvalue weighted by Gasteiger charge is -2.21. The van der Waals surface area contributed by atoms with Crippen molar-refractivity contribution in [2.24, 2.45) is 0 Å². The molecule has 3 heteroatoms. The molecule has 8 aromatic rings. The smallest absolute Gasteiger partial charge is 0.0991 e. The van der Waals surface area contributed by atoms with E-state index in [9.17, 15) is 5.26 Å². The number of nitrogens with zero attached hydrogens (tertiary/aromatic N) is 3. The van der Waals surface area contributed by atoms with Crippen molar-refractivity contribution in [2.75, 3.05) is 0 Å². The molecule has 0 bridgehead atoms. The van der Waals surface area contributed by atoms with Crippen LogP contribution in [0.2, 0.25) is 0 Å². The van der Waals surface area contributed by atoms with Crippen LogP contribution in [0.25, 0.3) is 66.0 Å². The first-order valence-electron chi connectivity index (χ1n) is 15.8. The molecular formula is C43H29N3. The Kier molecular flexibility index (Phi) is 6.01. The Morgan fingerprint density at radius 2 is 1.17 bits per heavy atom. The van der Waals surface area contributed by atoms with Gasteiger partial charge in [-0.1, -0.05) is 97.1 Å². The summed E-state index contributed by atoms with van der Waals surface area (Å²) in [6.07, 6.45) is 7.71. The zero-order valence-corrected chi connectivity index (χ0v) is 25.1. The van der Waals surface area contributed by atoms with Crippen molar-refractivity contribution in [2.45, 2.75) is 12.5 Å². The van der Waals surface area contributed by atoms with Crippen LogP contribution in [-0.2, 0) is 0 Å². The van der Waals surface area contributed by atoms with Crippen LogP contribution in [0.15, 0.2) is 158 Å². The largest absolute Gasteiger partial charge is 0.333 e. The standard InChI is InChI=1S/C43H29N3/c44-28-29-10-8-11-30(24-29)31-12-9-15-35(25-31)46-41-19-7-5-17-37(41)39-27-33(21-23-43(39)46)32-20-22-42-38(26-32)36-16-4-6-18-40(36)45(42)34-13-2-1-3-14-34/h1-14,16-27,35H,15H2. The molecule has 1 unspecified atom stereocenters.